The van der Waals surface area contributed by atoms with Gasteiger partial charge in [-0.15, -0.1) is 0 Å². The molecule has 112 valence electrons. The maximum absolute atomic E-state index is 12.8. The Morgan fingerprint density at radius 1 is 1.35 bits per heavy atom. The second-order valence-corrected chi connectivity index (χ2v) is 5.61. The van der Waals surface area contributed by atoms with Crippen molar-refractivity contribution < 1.29 is 14.2 Å². The number of hydrogen-bond donors (Lipinski definition) is 1. The number of likely N-dealkylation sites (N-methyl/N-ethyl adjacent to an activating group) is 1. The summed E-state index contributed by atoms with van der Waals surface area (Å²) in [5.74, 6) is -0.271. The number of rotatable bonds is 6. The minimum Gasteiger partial charge on any atom is -0.388 e. The highest BCUT2D eigenvalue weighted by molar-refractivity contribution is 5.18. The van der Waals surface area contributed by atoms with Crippen LogP contribution in [0.1, 0.15) is 37.4 Å². The lowest BCUT2D eigenvalue weighted by Gasteiger charge is -2.27. The fourth-order valence-corrected chi connectivity index (χ4v) is 2.58. The Balaban J connectivity index is 1.71. The molecule has 0 aromatic heterocycles. The Morgan fingerprint density at radius 2 is 2.10 bits per heavy atom. The zero-order valence-corrected chi connectivity index (χ0v) is 12.1. The predicted molar refractivity (Wildman–Crippen MR) is 77.1 cm³/mol. The SMILES string of the molecule is CN(CCC(O)c1ccc(F)cc1)CC1CCCCO1. The van der Waals surface area contributed by atoms with Crippen molar-refractivity contribution >= 4 is 0 Å². The average Bonchev–Trinajstić information content (AvgIpc) is 2.46. The van der Waals surface area contributed by atoms with E-state index in [0.717, 1.165) is 31.7 Å². The van der Waals surface area contributed by atoms with Crippen LogP contribution in [0, 0.1) is 5.82 Å². The van der Waals surface area contributed by atoms with Crippen LogP contribution in [0.3, 0.4) is 0 Å². The van der Waals surface area contributed by atoms with Crippen molar-refractivity contribution in [2.24, 2.45) is 0 Å². The second-order valence-electron chi connectivity index (χ2n) is 5.61. The standard InChI is InChI=1S/C16H24FNO2/c1-18(12-15-4-2-3-11-20-15)10-9-16(19)13-5-7-14(17)8-6-13/h5-8,15-16,19H,2-4,9-12H2,1H3. The van der Waals surface area contributed by atoms with Crippen molar-refractivity contribution in [1.29, 1.82) is 0 Å². The predicted octanol–water partition coefficient (Wildman–Crippen LogP) is 2.75. The van der Waals surface area contributed by atoms with Gasteiger partial charge in [0.2, 0.25) is 0 Å². The molecule has 0 spiro atoms. The van der Waals surface area contributed by atoms with E-state index in [9.17, 15) is 9.50 Å². The van der Waals surface area contributed by atoms with Gasteiger partial charge in [0.05, 0.1) is 12.2 Å². The molecule has 0 amide bonds. The van der Waals surface area contributed by atoms with Gasteiger partial charge < -0.3 is 14.7 Å². The number of ether oxygens (including phenoxy) is 1. The van der Waals surface area contributed by atoms with Gasteiger partial charge in [-0.2, -0.15) is 0 Å². The summed E-state index contributed by atoms with van der Waals surface area (Å²) >= 11 is 0. The minimum absolute atomic E-state index is 0.271. The molecule has 1 aromatic carbocycles. The lowest BCUT2D eigenvalue weighted by molar-refractivity contribution is -0.00327. The van der Waals surface area contributed by atoms with Crippen LogP contribution in [-0.4, -0.2) is 42.9 Å². The maximum Gasteiger partial charge on any atom is 0.123 e. The van der Waals surface area contributed by atoms with E-state index in [1.54, 1.807) is 12.1 Å². The lowest BCUT2D eigenvalue weighted by Crippen LogP contribution is -2.34. The number of nitrogens with zero attached hydrogens (tertiary/aromatic N) is 1. The Kier molecular flexibility index (Phi) is 5.95. The molecule has 0 bridgehead atoms. The zero-order valence-electron chi connectivity index (χ0n) is 12.1. The highest BCUT2D eigenvalue weighted by Gasteiger charge is 2.16. The van der Waals surface area contributed by atoms with E-state index in [-0.39, 0.29) is 5.82 Å². The van der Waals surface area contributed by atoms with Crippen molar-refractivity contribution in [1.82, 2.24) is 4.90 Å². The molecule has 0 aliphatic carbocycles. The first kappa shape index (κ1) is 15.4. The van der Waals surface area contributed by atoms with Gasteiger partial charge >= 0.3 is 0 Å². The van der Waals surface area contributed by atoms with Crippen molar-refractivity contribution in [3.8, 4) is 0 Å². The Bertz CT molecular complexity index is 390. The summed E-state index contributed by atoms with van der Waals surface area (Å²) < 4.78 is 18.5. The van der Waals surface area contributed by atoms with Crippen molar-refractivity contribution in [3.63, 3.8) is 0 Å². The van der Waals surface area contributed by atoms with Crippen LogP contribution in [0.4, 0.5) is 4.39 Å². The molecule has 2 unspecified atom stereocenters. The third kappa shape index (κ3) is 4.85. The molecule has 1 aliphatic heterocycles. The van der Waals surface area contributed by atoms with Crippen LogP contribution in [-0.2, 0) is 4.74 Å². The van der Waals surface area contributed by atoms with Gasteiger partial charge in [0, 0.05) is 19.7 Å². The average molecular weight is 281 g/mol. The van der Waals surface area contributed by atoms with Crippen molar-refractivity contribution in [3.05, 3.63) is 35.6 Å². The van der Waals surface area contributed by atoms with Crippen LogP contribution in [0.5, 0.6) is 0 Å². The quantitative estimate of drug-likeness (QED) is 0.870. The van der Waals surface area contributed by atoms with Gasteiger partial charge in [-0.1, -0.05) is 12.1 Å². The monoisotopic (exact) mass is 281 g/mol. The molecule has 4 heteroatoms. The minimum atomic E-state index is -0.537. The van der Waals surface area contributed by atoms with Crippen LogP contribution in [0.2, 0.25) is 0 Å². The van der Waals surface area contributed by atoms with Crippen LogP contribution >= 0.6 is 0 Å². The largest absolute Gasteiger partial charge is 0.388 e. The van der Waals surface area contributed by atoms with E-state index in [0.29, 0.717) is 12.5 Å². The van der Waals surface area contributed by atoms with E-state index in [2.05, 4.69) is 11.9 Å². The highest BCUT2D eigenvalue weighted by atomic mass is 19.1. The molecule has 2 rings (SSSR count). The molecule has 0 radical (unpaired) electrons. The highest BCUT2D eigenvalue weighted by Crippen LogP contribution is 2.18. The van der Waals surface area contributed by atoms with E-state index in [4.69, 9.17) is 4.74 Å². The first-order valence-electron chi connectivity index (χ1n) is 7.39. The third-order valence-electron chi connectivity index (χ3n) is 3.83. The van der Waals surface area contributed by atoms with Gasteiger partial charge in [0.1, 0.15) is 5.82 Å². The van der Waals surface area contributed by atoms with Gasteiger partial charge in [0.25, 0.3) is 0 Å². The fraction of sp³-hybridized carbons (Fsp3) is 0.625. The number of hydrogen-bond acceptors (Lipinski definition) is 3. The third-order valence-corrected chi connectivity index (χ3v) is 3.83. The Morgan fingerprint density at radius 3 is 2.75 bits per heavy atom. The number of aliphatic hydroxyl groups is 1. The van der Waals surface area contributed by atoms with E-state index >= 15 is 0 Å². The summed E-state index contributed by atoms with van der Waals surface area (Å²) in [4.78, 5) is 2.20. The summed E-state index contributed by atoms with van der Waals surface area (Å²) in [6.45, 7) is 2.59. The molecule has 1 aliphatic rings. The van der Waals surface area contributed by atoms with Gasteiger partial charge in [0.15, 0.2) is 0 Å². The topological polar surface area (TPSA) is 32.7 Å². The summed E-state index contributed by atoms with van der Waals surface area (Å²) in [5, 5.41) is 10.1. The van der Waals surface area contributed by atoms with E-state index < -0.39 is 6.10 Å². The smallest absolute Gasteiger partial charge is 0.123 e. The molecule has 0 saturated carbocycles. The lowest BCUT2D eigenvalue weighted by atomic mass is 10.1. The van der Waals surface area contributed by atoms with Gasteiger partial charge in [-0.05, 0) is 50.4 Å². The number of halogens is 1. The van der Waals surface area contributed by atoms with Gasteiger partial charge in [-0.25, -0.2) is 4.39 Å². The maximum atomic E-state index is 12.8. The molecular weight excluding hydrogens is 257 g/mol. The Hall–Kier alpha value is -0.970. The summed E-state index contributed by atoms with van der Waals surface area (Å²) in [6.07, 6.45) is 3.99. The normalized spacial score (nSPS) is 21.1. The molecule has 1 N–H and O–H groups in total. The van der Waals surface area contributed by atoms with E-state index in [1.807, 2.05) is 0 Å². The molecule has 1 aromatic rings. The van der Waals surface area contributed by atoms with E-state index in [1.165, 1.54) is 25.0 Å². The number of aliphatic hydroxyl groups excluding tert-OH is 1. The first-order chi connectivity index (χ1) is 9.65. The van der Waals surface area contributed by atoms with Crippen LogP contribution in [0.25, 0.3) is 0 Å². The molecular formula is C16H24FNO2. The van der Waals surface area contributed by atoms with Crippen LogP contribution in [0.15, 0.2) is 24.3 Å². The van der Waals surface area contributed by atoms with Crippen molar-refractivity contribution in [2.75, 3.05) is 26.7 Å². The van der Waals surface area contributed by atoms with Crippen molar-refractivity contribution in [2.45, 2.75) is 37.9 Å². The molecule has 1 saturated heterocycles. The number of benzene rings is 1. The summed E-state index contributed by atoms with van der Waals surface area (Å²) in [7, 11) is 2.05. The molecule has 2 atom stereocenters. The summed E-state index contributed by atoms with van der Waals surface area (Å²) in [5.41, 5.74) is 0.772. The molecule has 1 fully saturated rings. The van der Waals surface area contributed by atoms with Crippen LogP contribution < -0.4 is 0 Å². The fourth-order valence-electron chi connectivity index (χ4n) is 2.58. The Labute approximate surface area is 120 Å². The first-order valence-corrected chi connectivity index (χ1v) is 7.39. The molecule has 1 heterocycles. The second kappa shape index (κ2) is 7.72. The molecule has 20 heavy (non-hydrogen) atoms. The summed E-state index contributed by atoms with van der Waals surface area (Å²) in [6, 6.07) is 6.06. The molecule has 3 nitrogen and oxygen atoms in total. The zero-order chi connectivity index (χ0) is 14.4. The van der Waals surface area contributed by atoms with Gasteiger partial charge in [-0.3, -0.25) is 0 Å².